The van der Waals surface area contributed by atoms with Crippen molar-refractivity contribution in [3.05, 3.63) is 29.3 Å². The summed E-state index contributed by atoms with van der Waals surface area (Å²) in [5.74, 6) is 0. The molecule has 1 aromatic carbocycles. The van der Waals surface area contributed by atoms with Crippen LogP contribution in [0.25, 0.3) is 0 Å². The lowest BCUT2D eigenvalue weighted by atomic mass is 10.0. The van der Waals surface area contributed by atoms with Crippen molar-refractivity contribution in [2.75, 3.05) is 24.6 Å². The number of anilines is 1. The number of ether oxygens (including phenoxy) is 1. The van der Waals surface area contributed by atoms with E-state index in [0.717, 1.165) is 26.1 Å². The van der Waals surface area contributed by atoms with Crippen LogP contribution in [0.1, 0.15) is 30.4 Å². The second kappa shape index (κ2) is 5.51. The molecule has 0 bridgehead atoms. The zero-order valence-electron chi connectivity index (χ0n) is 11.8. The predicted octanol–water partition coefficient (Wildman–Crippen LogP) is 2.25. The van der Waals surface area contributed by atoms with Crippen LogP contribution in [0.3, 0.4) is 0 Å². The van der Waals surface area contributed by atoms with Crippen molar-refractivity contribution < 1.29 is 4.74 Å². The van der Waals surface area contributed by atoms with E-state index in [1.807, 2.05) is 0 Å². The summed E-state index contributed by atoms with van der Waals surface area (Å²) in [6, 6.07) is 7.39. The molecule has 2 fully saturated rings. The maximum Gasteiger partial charge on any atom is 0.0779 e. The van der Waals surface area contributed by atoms with Gasteiger partial charge in [0.1, 0.15) is 0 Å². The first kappa shape index (κ1) is 12.9. The Morgan fingerprint density at radius 2 is 2.26 bits per heavy atom. The fourth-order valence-corrected chi connectivity index (χ4v) is 3.59. The number of fused-ring (bicyclic) bond motifs is 1. The van der Waals surface area contributed by atoms with Gasteiger partial charge in [0.25, 0.3) is 0 Å². The van der Waals surface area contributed by atoms with Gasteiger partial charge in [-0.25, -0.2) is 0 Å². The van der Waals surface area contributed by atoms with Gasteiger partial charge in [-0.3, -0.25) is 0 Å². The van der Waals surface area contributed by atoms with Crippen LogP contribution >= 0.6 is 0 Å². The van der Waals surface area contributed by atoms with Crippen molar-refractivity contribution in [2.24, 2.45) is 5.73 Å². The number of morpholine rings is 1. The zero-order chi connectivity index (χ0) is 13.2. The smallest absolute Gasteiger partial charge is 0.0779 e. The Balaban J connectivity index is 1.84. The predicted molar refractivity (Wildman–Crippen MR) is 78.7 cm³/mol. The van der Waals surface area contributed by atoms with Crippen LogP contribution in [-0.2, 0) is 11.2 Å². The molecule has 19 heavy (non-hydrogen) atoms. The molecule has 0 radical (unpaired) electrons. The maximum atomic E-state index is 5.90. The summed E-state index contributed by atoms with van der Waals surface area (Å²) in [7, 11) is 0. The molecule has 1 saturated heterocycles. The molecule has 3 nitrogen and oxygen atoms in total. The highest BCUT2D eigenvalue weighted by Crippen LogP contribution is 2.34. The van der Waals surface area contributed by atoms with Gasteiger partial charge in [0.2, 0.25) is 0 Å². The molecule has 0 amide bonds. The summed E-state index contributed by atoms with van der Waals surface area (Å²) < 4.78 is 5.90. The number of rotatable bonds is 3. The van der Waals surface area contributed by atoms with Crippen molar-refractivity contribution >= 4 is 5.69 Å². The van der Waals surface area contributed by atoms with Gasteiger partial charge < -0.3 is 15.4 Å². The molecule has 3 heteroatoms. The number of hydrogen-bond acceptors (Lipinski definition) is 3. The fourth-order valence-electron chi connectivity index (χ4n) is 3.59. The lowest BCUT2D eigenvalue weighted by Gasteiger charge is -2.40. The van der Waals surface area contributed by atoms with Crippen molar-refractivity contribution in [1.82, 2.24) is 0 Å². The summed E-state index contributed by atoms with van der Waals surface area (Å²) in [5, 5.41) is 0. The van der Waals surface area contributed by atoms with Gasteiger partial charge >= 0.3 is 0 Å². The molecule has 1 aromatic rings. The monoisotopic (exact) mass is 260 g/mol. The van der Waals surface area contributed by atoms with Gasteiger partial charge in [0.15, 0.2) is 0 Å². The van der Waals surface area contributed by atoms with Crippen LogP contribution in [0, 0.1) is 6.92 Å². The molecular formula is C16H24N2O. The summed E-state index contributed by atoms with van der Waals surface area (Å²) in [6.45, 7) is 4.83. The highest BCUT2D eigenvalue weighted by Gasteiger charge is 2.36. The number of hydrogen-bond donors (Lipinski definition) is 1. The van der Waals surface area contributed by atoms with E-state index >= 15 is 0 Å². The second-order valence-corrected chi connectivity index (χ2v) is 5.76. The van der Waals surface area contributed by atoms with Gasteiger partial charge in [-0.05, 0) is 56.3 Å². The van der Waals surface area contributed by atoms with E-state index in [9.17, 15) is 0 Å². The van der Waals surface area contributed by atoms with E-state index in [2.05, 4.69) is 30.0 Å². The van der Waals surface area contributed by atoms with Gasteiger partial charge in [-0.2, -0.15) is 0 Å². The highest BCUT2D eigenvalue weighted by molar-refractivity contribution is 5.56. The fraction of sp³-hybridized carbons (Fsp3) is 0.625. The topological polar surface area (TPSA) is 38.5 Å². The quantitative estimate of drug-likeness (QED) is 0.906. The first-order valence-electron chi connectivity index (χ1n) is 7.47. The van der Waals surface area contributed by atoms with Gasteiger partial charge in [-0.1, -0.05) is 12.1 Å². The molecule has 2 N–H and O–H groups in total. The molecule has 2 atom stereocenters. The Morgan fingerprint density at radius 3 is 3.05 bits per heavy atom. The van der Waals surface area contributed by atoms with Crippen LogP contribution in [0.5, 0.6) is 0 Å². The molecule has 2 aliphatic rings. The minimum Gasteiger partial charge on any atom is -0.374 e. The number of nitrogens with two attached hydrogens (primary N) is 1. The minimum atomic E-state index is 0.455. The van der Waals surface area contributed by atoms with Gasteiger partial charge in [-0.15, -0.1) is 0 Å². The van der Waals surface area contributed by atoms with Crippen LogP contribution in [0.2, 0.25) is 0 Å². The van der Waals surface area contributed by atoms with Crippen molar-refractivity contribution in [1.29, 1.82) is 0 Å². The first-order chi connectivity index (χ1) is 9.29. The molecule has 1 aliphatic heterocycles. The molecule has 1 heterocycles. The van der Waals surface area contributed by atoms with Crippen LogP contribution in [-0.4, -0.2) is 31.8 Å². The average Bonchev–Trinajstić information content (AvgIpc) is 2.88. The Kier molecular flexibility index (Phi) is 3.76. The van der Waals surface area contributed by atoms with Crippen molar-refractivity contribution in [2.45, 2.75) is 44.8 Å². The van der Waals surface area contributed by atoms with Crippen LogP contribution in [0.4, 0.5) is 5.69 Å². The summed E-state index contributed by atoms with van der Waals surface area (Å²) >= 11 is 0. The standard InChI is InChI=1S/C16H24N2O/c1-12-11-13(7-8-17)5-6-14(12)18-9-10-19-16-4-2-3-15(16)18/h5-6,11,15-16H,2-4,7-10,17H2,1H3. The largest absolute Gasteiger partial charge is 0.374 e. The molecule has 104 valence electrons. The summed E-state index contributed by atoms with van der Waals surface area (Å²) in [6.07, 6.45) is 5.23. The molecule has 1 aliphatic carbocycles. The Hall–Kier alpha value is -1.06. The molecular weight excluding hydrogens is 236 g/mol. The Labute approximate surface area is 115 Å². The lowest BCUT2D eigenvalue weighted by Crippen LogP contribution is -2.48. The third-order valence-corrected chi connectivity index (χ3v) is 4.49. The normalized spacial score (nSPS) is 26.5. The van der Waals surface area contributed by atoms with E-state index in [1.54, 1.807) is 0 Å². The molecule has 1 saturated carbocycles. The van der Waals surface area contributed by atoms with E-state index in [0.29, 0.717) is 12.1 Å². The van der Waals surface area contributed by atoms with Crippen molar-refractivity contribution in [3.63, 3.8) is 0 Å². The maximum absolute atomic E-state index is 5.90. The molecule has 0 aromatic heterocycles. The highest BCUT2D eigenvalue weighted by atomic mass is 16.5. The van der Waals surface area contributed by atoms with E-state index in [4.69, 9.17) is 10.5 Å². The Morgan fingerprint density at radius 1 is 1.37 bits per heavy atom. The van der Waals surface area contributed by atoms with E-state index in [1.165, 1.54) is 36.1 Å². The third-order valence-electron chi connectivity index (χ3n) is 4.49. The SMILES string of the molecule is Cc1cc(CCN)ccc1N1CCOC2CCCC21. The van der Waals surface area contributed by atoms with E-state index in [-0.39, 0.29) is 0 Å². The third kappa shape index (κ3) is 2.49. The summed E-state index contributed by atoms with van der Waals surface area (Å²) in [5.41, 5.74) is 9.75. The van der Waals surface area contributed by atoms with Gasteiger partial charge in [0.05, 0.1) is 18.8 Å². The Bertz CT molecular complexity index is 446. The lowest BCUT2D eigenvalue weighted by molar-refractivity contribution is 0.0256. The summed E-state index contributed by atoms with van der Waals surface area (Å²) in [4.78, 5) is 2.57. The van der Waals surface area contributed by atoms with Gasteiger partial charge in [0, 0.05) is 12.2 Å². The van der Waals surface area contributed by atoms with E-state index < -0.39 is 0 Å². The number of benzene rings is 1. The first-order valence-corrected chi connectivity index (χ1v) is 7.47. The zero-order valence-corrected chi connectivity index (χ0v) is 11.8. The second-order valence-electron chi connectivity index (χ2n) is 5.76. The number of aryl methyl sites for hydroxylation is 1. The average molecular weight is 260 g/mol. The minimum absolute atomic E-state index is 0.455. The van der Waals surface area contributed by atoms with Crippen molar-refractivity contribution in [3.8, 4) is 0 Å². The molecule has 0 spiro atoms. The van der Waals surface area contributed by atoms with Crippen LogP contribution in [0.15, 0.2) is 18.2 Å². The van der Waals surface area contributed by atoms with Crippen LogP contribution < -0.4 is 10.6 Å². The number of nitrogens with zero attached hydrogens (tertiary/aromatic N) is 1. The molecule has 3 rings (SSSR count). The molecule has 2 unspecified atom stereocenters.